The lowest BCUT2D eigenvalue weighted by Gasteiger charge is -2.05. The van der Waals surface area contributed by atoms with Crippen molar-refractivity contribution in [2.45, 2.75) is 23.6 Å². The molecule has 17 heavy (non-hydrogen) atoms. The van der Waals surface area contributed by atoms with Crippen LogP contribution in [-0.2, 0) is 0 Å². The van der Waals surface area contributed by atoms with Gasteiger partial charge in [0.05, 0.1) is 11.6 Å². The number of nitriles is 1. The smallest absolute Gasteiger partial charge is 0.0991 e. The van der Waals surface area contributed by atoms with E-state index in [1.54, 1.807) is 11.8 Å². The highest BCUT2D eigenvalue weighted by molar-refractivity contribution is 7.99. The zero-order chi connectivity index (χ0) is 12.3. The van der Waals surface area contributed by atoms with Gasteiger partial charge in [0.25, 0.3) is 0 Å². The molecule has 0 radical (unpaired) electrons. The van der Waals surface area contributed by atoms with Gasteiger partial charge in [-0.15, -0.1) is 0 Å². The minimum absolute atomic E-state index is 0.703. The van der Waals surface area contributed by atoms with E-state index in [2.05, 4.69) is 38.1 Å². The molecule has 2 heteroatoms. The summed E-state index contributed by atoms with van der Waals surface area (Å²) in [5.41, 5.74) is 3.33. The van der Waals surface area contributed by atoms with Crippen LogP contribution in [0.25, 0.3) is 0 Å². The van der Waals surface area contributed by atoms with E-state index >= 15 is 0 Å². The van der Waals surface area contributed by atoms with Crippen LogP contribution in [-0.4, -0.2) is 0 Å². The van der Waals surface area contributed by atoms with E-state index in [0.717, 1.165) is 4.90 Å². The minimum atomic E-state index is 0.703. The summed E-state index contributed by atoms with van der Waals surface area (Å²) < 4.78 is 0. The molecule has 0 saturated carbocycles. The maximum absolute atomic E-state index is 8.73. The van der Waals surface area contributed by atoms with Crippen LogP contribution in [0.3, 0.4) is 0 Å². The molecule has 0 aliphatic heterocycles. The zero-order valence-electron chi connectivity index (χ0n) is 9.90. The fraction of sp³-hybridized carbons (Fsp3) is 0.133. The molecule has 0 aliphatic rings. The van der Waals surface area contributed by atoms with Crippen molar-refractivity contribution < 1.29 is 0 Å². The number of hydrogen-bond donors (Lipinski definition) is 0. The predicted molar refractivity (Wildman–Crippen MR) is 71.2 cm³/mol. The van der Waals surface area contributed by atoms with Crippen molar-refractivity contribution in [1.29, 1.82) is 5.26 Å². The number of hydrogen-bond acceptors (Lipinski definition) is 2. The van der Waals surface area contributed by atoms with Gasteiger partial charge in [-0.2, -0.15) is 5.26 Å². The predicted octanol–water partition coefficient (Wildman–Crippen LogP) is 4.33. The second-order valence-corrected chi connectivity index (χ2v) is 5.13. The minimum Gasteiger partial charge on any atom is -0.192 e. The van der Waals surface area contributed by atoms with Gasteiger partial charge in [0.15, 0.2) is 0 Å². The van der Waals surface area contributed by atoms with Crippen LogP contribution in [0.1, 0.15) is 16.7 Å². The molecule has 0 saturated heterocycles. The summed E-state index contributed by atoms with van der Waals surface area (Å²) in [4.78, 5) is 2.39. The average molecular weight is 239 g/mol. The molecular weight excluding hydrogens is 226 g/mol. The SMILES string of the molecule is Cc1ccc(Sc2ccc(C#N)cc2)cc1C. The summed E-state index contributed by atoms with van der Waals surface area (Å²) in [7, 11) is 0. The molecule has 0 unspecified atom stereocenters. The first kappa shape index (κ1) is 11.8. The van der Waals surface area contributed by atoms with Gasteiger partial charge < -0.3 is 0 Å². The highest BCUT2D eigenvalue weighted by Gasteiger charge is 1.99. The Labute approximate surface area is 106 Å². The third kappa shape index (κ3) is 2.89. The van der Waals surface area contributed by atoms with Crippen molar-refractivity contribution in [3.8, 4) is 6.07 Å². The topological polar surface area (TPSA) is 23.8 Å². The van der Waals surface area contributed by atoms with Crippen LogP contribution in [0, 0.1) is 25.2 Å². The van der Waals surface area contributed by atoms with Gasteiger partial charge in [0.2, 0.25) is 0 Å². The average Bonchev–Trinajstić information content (AvgIpc) is 2.35. The van der Waals surface area contributed by atoms with Crippen LogP contribution < -0.4 is 0 Å². The molecule has 0 bridgehead atoms. The summed E-state index contributed by atoms with van der Waals surface area (Å²) in [6.07, 6.45) is 0. The summed E-state index contributed by atoms with van der Waals surface area (Å²) >= 11 is 1.72. The van der Waals surface area contributed by atoms with E-state index in [0.29, 0.717) is 5.56 Å². The number of rotatable bonds is 2. The van der Waals surface area contributed by atoms with Crippen molar-refractivity contribution in [2.24, 2.45) is 0 Å². The summed E-state index contributed by atoms with van der Waals surface area (Å²) in [6.45, 7) is 4.24. The van der Waals surface area contributed by atoms with Crippen molar-refractivity contribution in [1.82, 2.24) is 0 Å². The van der Waals surface area contributed by atoms with E-state index in [1.165, 1.54) is 16.0 Å². The van der Waals surface area contributed by atoms with E-state index in [9.17, 15) is 0 Å². The number of benzene rings is 2. The Morgan fingerprint density at radius 3 is 2.12 bits per heavy atom. The van der Waals surface area contributed by atoms with Crippen molar-refractivity contribution in [3.05, 3.63) is 59.2 Å². The number of aryl methyl sites for hydroxylation is 2. The Bertz CT molecular complexity index is 564. The second-order valence-electron chi connectivity index (χ2n) is 3.98. The fourth-order valence-corrected chi connectivity index (χ4v) is 2.43. The third-order valence-corrected chi connectivity index (χ3v) is 3.69. The van der Waals surface area contributed by atoms with Crippen LogP contribution in [0.4, 0.5) is 0 Å². The largest absolute Gasteiger partial charge is 0.192 e. The second kappa shape index (κ2) is 5.07. The van der Waals surface area contributed by atoms with Gasteiger partial charge in [-0.05, 0) is 61.4 Å². The molecular formula is C15H13NS. The molecule has 1 nitrogen and oxygen atoms in total. The zero-order valence-corrected chi connectivity index (χ0v) is 10.7. The first-order valence-electron chi connectivity index (χ1n) is 5.44. The Morgan fingerprint density at radius 2 is 1.53 bits per heavy atom. The van der Waals surface area contributed by atoms with E-state index in [1.807, 2.05) is 24.3 Å². The number of nitrogens with zero attached hydrogens (tertiary/aromatic N) is 1. The highest BCUT2D eigenvalue weighted by atomic mass is 32.2. The van der Waals surface area contributed by atoms with Crippen molar-refractivity contribution in [3.63, 3.8) is 0 Å². The van der Waals surface area contributed by atoms with Crippen molar-refractivity contribution >= 4 is 11.8 Å². The molecule has 0 fully saturated rings. The molecule has 0 aromatic heterocycles. The monoisotopic (exact) mass is 239 g/mol. The van der Waals surface area contributed by atoms with Gasteiger partial charge in [-0.3, -0.25) is 0 Å². The first-order chi connectivity index (χ1) is 8.19. The Morgan fingerprint density at radius 1 is 0.882 bits per heavy atom. The van der Waals surface area contributed by atoms with E-state index < -0.39 is 0 Å². The summed E-state index contributed by atoms with van der Waals surface area (Å²) in [5, 5.41) is 8.73. The molecule has 0 spiro atoms. The quantitative estimate of drug-likeness (QED) is 0.779. The van der Waals surface area contributed by atoms with Gasteiger partial charge in [-0.25, -0.2) is 0 Å². The van der Waals surface area contributed by atoms with E-state index in [4.69, 9.17) is 5.26 Å². The fourth-order valence-electron chi connectivity index (χ4n) is 1.51. The molecule has 2 rings (SSSR count). The lowest BCUT2D eigenvalue weighted by molar-refractivity contribution is 1.27. The Hall–Kier alpha value is -1.72. The van der Waals surface area contributed by atoms with Crippen LogP contribution in [0.15, 0.2) is 52.3 Å². The molecule has 0 N–H and O–H groups in total. The van der Waals surface area contributed by atoms with Gasteiger partial charge >= 0.3 is 0 Å². The lowest BCUT2D eigenvalue weighted by Crippen LogP contribution is -1.81. The molecule has 84 valence electrons. The molecule has 0 amide bonds. The van der Waals surface area contributed by atoms with Crippen LogP contribution >= 0.6 is 11.8 Å². The highest BCUT2D eigenvalue weighted by Crippen LogP contribution is 2.28. The normalized spacial score (nSPS) is 9.94. The molecule has 0 atom stereocenters. The molecule has 0 aliphatic carbocycles. The molecule has 2 aromatic rings. The Balaban J connectivity index is 2.20. The van der Waals surface area contributed by atoms with Crippen LogP contribution in [0.5, 0.6) is 0 Å². The molecule has 0 heterocycles. The maximum atomic E-state index is 8.73. The third-order valence-electron chi connectivity index (χ3n) is 2.70. The van der Waals surface area contributed by atoms with E-state index in [-0.39, 0.29) is 0 Å². The standard InChI is InChI=1S/C15H13NS/c1-11-3-6-15(9-12(11)2)17-14-7-4-13(10-16)5-8-14/h3-9H,1-2H3. The maximum Gasteiger partial charge on any atom is 0.0991 e. The first-order valence-corrected chi connectivity index (χ1v) is 6.26. The molecule has 2 aromatic carbocycles. The van der Waals surface area contributed by atoms with Gasteiger partial charge in [0, 0.05) is 9.79 Å². The van der Waals surface area contributed by atoms with Gasteiger partial charge in [0.1, 0.15) is 0 Å². The lowest BCUT2D eigenvalue weighted by atomic mass is 10.1. The van der Waals surface area contributed by atoms with Crippen LogP contribution in [0.2, 0.25) is 0 Å². The summed E-state index contributed by atoms with van der Waals surface area (Å²) in [6, 6.07) is 16.3. The Kier molecular flexibility index (Phi) is 3.51. The van der Waals surface area contributed by atoms with Crippen molar-refractivity contribution in [2.75, 3.05) is 0 Å². The van der Waals surface area contributed by atoms with Gasteiger partial charge in [-0.1, -0.05) is 17.8 Å². The summed E-state index contributed by atoms with van der Waals surface area (Å²) in [5.74, 6) is 0.